The van der Waals surface area contributed by atoms with Crippen LogP contribution >= 0.6 is 0 Å². The van der Waals surface area contributed by atoms with Gasteiger partial charge in [0.25, 0.3) is 5.88 Å². The molecule has 3 rings (SSSR count). The molecule has 2 aliphatic heterocycles. The van der Waals surface area contributed by atoms with Crippen LogP contribution in [-0.4, -0.2) is 97.2 Å². The first-order valence-corrected chi connectivity index (χ1v) is 8.92. The third-order valence-electron chi connectivity index (χ3n) is 4.77. The van der Waals surface area contributed by atoms with E-state index >= 15 is 0 Å². The van der Waals surface area contributed by atoms with Crippen molar-refractivity contribution in [3.05, 3.63) is 12.4 Å². The molecule has 25 heavy (non-hydrogen) atoms. The van der Waals surface area contributed by atoms with Gasteiger partial charge >= 0.3 is 6.03 Å². The van der Waals surface area contributed by atoms with Crippen molar-refractivity contribution in [3.8, 4) is 5.88 Å². The van der Waals surface area contributed by atoms with Crippen molar-refractivity contribution in [2.45, 2.75) is 18.9 Å². The van der Waals surface area contributed by atoms with E-state index in [0.29, 0.717) is 18.2 Å². The van der Waals surface area contributed by atoms with Gasteiger partial charge in [-0.2, -0.15) is 0 Å². The van der Waals surface area contributed by atoms with Crippen LogP contribution in [-0.2, 0) is 0 Å². The summed E-state index contributed by atoms with van der Waals surface area (Å²) >= 11 is 0. The SMILES string of the molecule is CN1CCN(C(=O)N2CCCC(Oc3nccnc3N(C)C)C2)CC1. The Morgan fingerprint density at radius 1 is 1.12 bits per heavy atom. The van der Waals surface area contributed by atoms with Crippen molar-refractivity contribution in [2.24, 2.45) is 0 Å². The normalized spacial score (nSPS) is 22.0. The number of likely N-dealkylation sites (tertiary alicyclic amines) is 1. The lowest BCUT2D eigenvalue weighted by atomic mass is 10.1. The zero-order valence-corrected chi connectivity index (χ0v) is 15.4. The van der Waals surface area contributed by atoms with Crippen LogP contribution in [0, 0.1) is 0 Å². The molecule has 0 N–H and O–H groups in total. The summed E-state index contributed by atoms with van der Waals surface area (Å²) in [5.41, 5.74) is 0. The second-order valence-corrected chi connectivity index (χ2v) is 6.98. The van der Waals surface area contributed by atoms with Crippen LogP contribution < -0.4 is 9.64 Å². The van der Waals surface area contributed by atoms with Crippen molar-refractivity contribution >= 4 is 11.8 Å². The highest BCUT2D eigenvalue weighted by atomic mass is 16.5. The molecule has 1 aromatic rings. The number of nitrogens with zero attached hydrogens (tertiary/aromatic N) is 6. The summed E-state index contributed by atoms with van der Waals surface area (Å²) in [6.45, 7) is 4.87. The van der Waals surface area contributed by atoms with E-state index < -0.39 is 0 Å². The minimum Gasteiger partial charge on any atom is -0.470 e. The summed E-state index contributed by atoms with van der Waals surface area (Å²) < 4.78 is 6.10. The summed E-state index contributed by atoms with van der Waals surface area (Å²) in [7, 11) is 5.93. The molecule has 0 radical (unpaired) electrons. The van der Waals surface area contributed by atoms with E-state index in [1.54, 1.807) is 12.4 Å². The third-order valence-corrected chi connectivity index (χ3v) is 4.77. The number of piperidine rings is 1. The minimum atomic E-state index is -0.0411. The van der Waals surface area contributed by atoms with Gasteiger partial charge in [0, 0.05) is 59.2 Å². The highest BCUT2D eigenvalue weighted by Gasteiger charge is 2.30. The molecular formula is C17H28N6O2. The largest absolute Gasteiger partial charge is 0.470 e. The molecule has 2 fully saturated rings. The van der Waals surface area contributed by atoms with E-state index in [9.17, 15) is 4.79 Å². The Labute approximate surface area is 149 Å². The lowest BCUT2D eigenvalue weighted by Gasteiger charge is -2.39. The van der Waals surface area contributed by atoms with Gasteiger partial charge in [-0.25, -0.2) is 14.8 Å². The van der Waals surface area contributed by atoms with E-state index in [1.807, 2.05) is 28.8 Å². The first-order chi connectivity index (χ1) is 12.0. The summed E-state index contributed by atoms with van der Waals surface area (Å²) in [4.78, 5) is 29.4. The predicted molar refractivity (Wildman–Crippen MR) is 96.0 cm³/mol. The van der Waals surface area contributed by atoms with Crippen LogP contribution in [0.1, 0.15) is 12.8 Å². The van der Waals surface area contributed by atoms with E-state index in [2.05, 4.69) is 21.9 Å². The number of urea groups is 1. The van der Waals surface area contributed by atoms with Gasteiger partial charge in [-0.05, 0) is 19.9 Å². The fourth-order valence-corrected chi connectivity index (χ4v) is 3.27. The summed E-state index contributed by atoms with van der Waals surface area (Å²) in [6, 6.07) is 0.133. The average molecular weight is 348 g/mol. The Morgan fingerprint density at radius 3 is 2.56 bits per heavy atom. The van der Waals surface area contributed by atoms with Crippen molar-refractivity contribution < 1.29 is 9.53 Å². The number of aromatic nitrogens is 2. The van der Waals surface area contributed by atoms with Crippen LogP contribution in [0.4, 0.5) is 10.6 Å². The number of likely N-dealkylation sites (N-methyl/N-ethyl adjacent to an activating group) is 1. The Kier molecular flexibility index (Phi) is 5.57. The summed E-state index contributed by atoms with van der Waals surface area (Å²) in [5, 5.41) is 0. The van der Waals surface area contributed by atoms with Crippen LogP contribution in [0.25, 0.3) is 0 Å². The van der Waals surface area contributed by atoms with Crippen LogP contribution in [0.5, 0.6) is 5.88 Å². The number of ether oxygens (including phenoxy) is 1. The van der Waals surface area contributed by atoms with E-state index in [-0.39, 0.29) is 12.1 Å². The highest BCUT2D eigenvalue weighted by molar-refractivity contribution is 5.74. The molecule has 0 aromatic carbocycles. The topological polar surface area (TPSA) is 65.0 Å². The number of carbonyl (C=O) groups excluding carboxylic acids is 1. The number of anilines is 1. The molecule has 0 spiro atoms. The Morgan fingerprint density at radius 2 is 1.84 bits per heavy atom. The van der Waals surface area contributed by atoms with E-state index in [4.69, 9.17) is 4.74 Å². The first kappa shape index (κ1) is 17.7. The average Bonchev–Trinajstić information content (AvgIpc) is 2.62. The van der Waals surface area contributed by atoms with Crippen molar-refractivity contribution in [1.82, 2.24) is 24.7 Å². The number of hydrogen-bond donors (Lipinski definition) is 0. The highest BCUT2D eigenvalue weighted by Crippen LogP contribution is 2.24. The quantitative estimate of drug-likeness (QED) is 0.803. The van der Waals surface area contributed by atoms with Crippen molar-refractivity contribution in [1.29, 1.82) is 0 Å². The standard InChI is InChI=1S/C17H28N6O2/c1-20(2)15-16(19-7-6-18-15)25-14-5-4-8-23(13-14)17(24)22-11-9-21(3)10-12-22/h6-7,14H,4-5,8-13H2,1-3H3. The maximum atomic E-state index is 12.8. The van der Waals surface area contributed by atoms with E-state index in [0.717, 1.165) is 45.6 Å². The number of rotatable bonds is 3. The molecule has 8 nitrogen and oxygen atoms in total. The second kappa shape index (κ2) is 7.86. The molecule has 2 saturated heterocycles. The van der Waals surface area contributed by atoms with Crippen LogP contribution in [0.15, 0.2) is 12.4 Å². The Hall–Kier alpha value is -2.09. The maximum Gasteiger partial charge on any atom is 0.320 e. The molecule has 8 heteroatoms. The molecule has 3 heterocycles. The molecular weight excluding hydrogens is 320 g/mol. The first-order valence-electron chi connectivity index (χ1n) is 8.92. The molecule has 1 atom stereocenters. The lowest BCUT2D eigenvalue weighted by molar-refractivity contribution is 0.0732. The van der Waals surface area contributed by atoms with Crippen molar-refractivity contribution in [2.75, 3.05) is 65.3 Å². The number of amides is 2. The van der Waals surface area contributed by atoms with Gasteiger partial charge in [0.2, 0.25) is 0 Å². The maximum absolute atomic E-state index is 12.8. The number of hydrogen-bond acceptors (Lipinski definition) is 6. The fraction of sp³-hybridized carbons (Fsp3) is 0.706. The summed E-state index contributed by atoms with van der Waals surface area (Å²) in [6.07, 6.45) is 5.13. The van der Waals surface area contributed by atoms with Gasteiger partial charge in [-0.15, -0.1) is 0 Å². The second-order valence-electron chi connectivity index (χ2n) is 6.98. The molecule has 0 aliphatic carbocycles. The molecule has 2 aliphatic rings. The fourth-order valence-electron chi connectivity index (χ4n) is 3.27. The molecule has 0 bridgehead atoms. The lowest BCUT2D eigenvalue weighted by Crippen LogP contribution is -2.54. The third kappa shape index (κ3) is 4.31. The molecule has 1 aromatic heterocycles. The van der Waals surface area contributed by atoms with Gasteiger partial charge in [0.05, 0.1) is 6.54 Å². The Bertz CT molecular complexity index is 588. The van der Waals surface area contributed by atoms with Crippen LogP contribution in [0.2, 0.25) is 0 Å². The van der Waals surface area contributed by atoms with Gasteiger partial charge in [0.15, 0.2) is 5.82 Å². The van der Waals surface area contributed by atoms with Gasteiger partial charge in [-0.3, -0.25) is 0 Å². The molecule has 0 saturated carbocycles. The zero-order chi connectivity index (χ0) is 17.8. The smallest absolute Gasteiger partial charge is 0.320 e. The zero-order valence-electron chi connectivity index (χ0n) is 15.4. The minimum absolute atomic E-state index is 0.0411. The number of carbonyl (C=O) groups is 1. The van der Waals surface area contributed by atoms with Crippen LogP contribution in [0.3, 0.4) is 0 Å². The number of piperazine rings is 1. The monoisotopic (exact) mass is 348 g/mol. The Balaban J connectivity index is 1.61. The molecule has 2 amide bonds. The van der Waals surface area contributed by atoms with E-state index in [1.165, 1.54) is 0 Å². The van der Waals surface area contributed by atoms with Crippen molar-refractivity contribution in [3.63, 3.8) is 0 Å². The van der Waals surface area contributed by atoms with Gasteiger partial charge in [0.1, 0.15) is 6.10 Å². The summed E-state index contributed by atoms with van der Waals surface area (Å²) in [5.74, 6) is 1.25. The molecule has 138 valence electrons. The van der Waals surface area contributed by atoms with Gasteiger partial charge < -0.3 is 24.3 Å². The van der Waals surface area contributed by atoms with Gasteiger partial charge in [-0.1, -0.05) is 0 Å². The molecule has 1 unspecified atom stereocenters. The predicted octanol–water partition coefficient (Wildman–Crippen LogP) is 0.753.